The number of nitrogens with zero attached hydrogens (tertiary/aromatic N) is 2. The highest BCUT2D eigenvalue weighted by Gasteiger charge is 2.44. The van der Waals surface area contributed by atoms with Crippen LogP contribution in [-0.2, 0) is 5.41 Å². The lowest BCUT2D eigenvalue weighted by Gasteiger charge is -2.35. The number of ether oxygens (including phenoxy) is 1. The average molecular weight is 232 g/mol. The Morgan fingerprint density at radius 3 is 2.65 bits per heavy atom. The fraction of sp³-hybridized carbons (Fsp3) is 0.500. The fourth-order valence-electron chi connectivity index (χ4n) is 2.68. The molecule has 2 rings (SSSR count). The SMILES string of the molecule is CCC1(CC)C(C#N)=C(N)Oc2n[nH]c(C)c21. The number of H-pyrrole nitrogens is 1. The maximum Gasteiger partial charge on any atom is 0.244 e. The van der Waals surface area contributed by atoms with E-state index in [4.69, 9.17) is 10.5 Å². The number of hydrogen-bond acceptors (Lipinski definition) is 4. The van der Waals surface area contributed by atoms with Gasteiger partial charge in [-0.3, -0.25) is 5.10 Å². The summed E-state index contributed by atoms with van der Waals surface area (Å²) < 4.78 is 5.41. The van der Waals surface area contributed by atoms with Gasteiger partial charge in [-0.25, -0.2) is 0 Å². The highest BCUT2D eigenvalue weighted by molar-refractivity contribution is 5.53. The van der Waals surface area contributed by atoms with E-state index in [-0.39, 0.29) is 11.3 Å². The van der Waals surface area contributed by atoms with Crippen molar-refractivity contribution in [2.24, 2.45) is 5.73 Å². The van der Waals surface area contributed by atoms with E-state index in [1.807, 2.05) is 6.92 Å². The molecule has 90 valence electrons. The monoisotopic (exact) mass is 232 g/mol. The first kappa shape index (κ1) is 11.5. The molecule has 2 heterocycles. The van der Waals surface area contributed by atoms with Gasteiger partial charge in [-0.15, -0.1) is 5.10 Å². The first-order chi connectivity index (χ1) is 8.10. The summed E-state index contributed by atoms with van der Waals surface area (Å²) in [5.41, 5.74) is 7.86. The fourth-order valence-corrected chi connectivity index (χ4v) is 2.68. The highest BCUT2D eigenvalue weighted by atomic mass is 16.5. The van der Waals surface area contributed by atoms with E-state index in [9.17, 15) is 5.26 Å². The van der Waals surface area contributed by atoms with Crippen molar-refractivity contribution in [2.75, 3.05) is 0 Å². The van der Waals surface area contributed by atoms with Crippen LogP contribution >= 0.6 is 0 Å². The Kier molecular flexibility index (Phi) is 2.58. The Bertz CT molecular complexity index is 517. The van der Waals surface area contributed by atoms with Gasteiger partial charge in [0.25, 0.3) is 0 Å². The Morgan fingerprint density at radius 1 is 1.47 bits per heavy atom. The molecule has 0 amide bonds. The maximum absolute atomic E-state index is 9.31. The molecule has 1 aromatic heterocycles. The van der Waals surface area contributed by atoms with Gasteiger partial charge in [-0.05, 0) is 19.8 Å². The molecule has 0 spiro atoms. The van der Waals surface area contributed by atoms with E-state index in [2.05, 4.69) is 30.1 Å². The number of nitrogens with one attached hydrogen (secondary N) is 1. The van der Waals surface area contributed by atoms with E-state index >= 15 is 0 Å². The summed E-state index contributed by atoms with van der Waals surface area (Å²) in [5, 5.41) is 16.3. The molecule has 0 aromatic carbocycles. The minimum absolute atomic E-state index is 0.176. The number of nitriles is 1. The zero-order valence-corrected chi connectivity index (χ0v) is 10.3. The van der Waals surface area contributed by atoms with E-state index in [0.29, 0.717) is 11.5 Å². The quantitative estimate of drug-likeness (QED) is 0.814. The van der Waals surface area contributed by atoms with Crippen molar-refractivity contribution in [1.82, 2.24) is 10.2 Å². The summed E-state index contributed by atoms with van der Waals surface area (Å²) in [7, 11) is 0. The van der Waals surface area contributed by atoms with E-state index in [1.165, 1.54) is 0 Å². The molecule has 0 unspecified atom stereocenters. The number of nitrogens with two attached hydrogens (primary N) is 1. The van der Waals surface area contributed by atoms with Crippen molar-refractivity contribution < 1.29 is 4.74 Å². The zero-order valence-electron chi connectivity index (χ0n) is 10.3. The summed E-state index contributed by atoms with van der Waals surface area (Å²) in [6.45, 7) is 6.04. The van der Waals surface area contributed by atoms with Gasteiger partial charge in [-0.2, -0.15) is 5.26 Å². The molecule has 0 saturated heterocycles. The number of rotatable bonds is 2. The van der Waals surface area contributed by atoms with Gasteiger partial charge < -0.3 is 10.5 Å². The first-order valence-electron chi connectivity index (χ1n) is 5.74. The molecular weight excluding hydrogens is 216 g/mol. The number of hydrogen-bond donors (Lipinski definition) is 2. The lowest BCUT2D eigenvalue weighted by Crippen LogP contribution is -2.34. The van der Waals surface area contributed by atoms with E-state index in [1.54, 1.807) is 0 Å². The summed E-state index contributed by atoms with van der Waals surface area (Å²) >= 11 is 0. The van der Waals surface area contributed by atoms with Gasteiger partial charge in [0.2, 0.25) is 11.8 Å². The van der Waals surface area contributed by atoms with Gasteiger partial charge in [0.15, 0.2) is 0 Å². The van der Waals surface area contributed by atoms with Crippen LogP contribution in [0, 0.1) is 18.3 Å². The third kappa shape index (κ3) is 1.34. The molecule has 5 nitrogen and oxygen atoms in total. The molecule has 0 bridgehead atoms. The minimum atomic E-state index is -0.372. The average Bonchev–Trinajstić information content (AvgIpc) is 2.69. The van der Waals surface area contributed by atoms with Crippen molar-refractivity contribution in [2.45, 2.75) is 39.0 Å². The molecule has 3 N–H and O–H groups in total. The number of fused-ring (bicyclic) bond motifs is 1. The van der Waals surface area contributed by atoms with Crippen LogP contribution in [0.3, 0.4) is 0 Å². The van der Waals surface area contributed by atoms with Gasteiger partial charge in [0.1, 0.15) is 11.6 Å². The molecule has 0 aliphatic carbocycles. The molecule has 17 heavy (non-hydrogen) atoms. The van der Waals surface area contributed by atoms with Crippen LogP contribution in [0.1, 0.15) is 37.9 Å². The van der Waals surface area contributed by atoms with Crippen LogP contribution < -0.4 is 10.5 Å². The van der Waals surface area contributed by atoms with Crippen LogP contribution in [0.5, 0.6) is 5.88 Å². The van der Waals surface area contributed by atoms with Gasteiger partial charge in [-0.1, -0.05) is 13.8 Å². The molecule has 5 heteroatoms. The summed E-state index contributed by atoms with van der Waals surface area (Å²) in [6, 6.07) is 2.19. The van der Waals surface area contributed by atoms with Gasteiger partial charge in [0.05, 0.1) is 0 Å². The molecule has 0 atom stereocenters. The van der Waals surface area contributed by atoms with Crippen molar-refractivity contribution >= 4 is 0 Å². The van der Waals surface area contributed by atoms with Gasteiger partial charge in [0, 0.05) is 16.7 Å². The second kappa shape index (κ2) is 3.81. The topological polar surface area (TPSA) is 87.7 Å². The predicted octanol–water partition coefficient (Wildman–Crippen LogP) is 1.86. The highest BCUT2D eigenvalue weighted by Crippen LogP contribution is 2.47. The normalized spacial score (nSPS) is 17.3. The Balaban J connectivity index is 2.75. The lowest BCUT2D eigenvalue weighted by molar-refractivity contribution is 0.330. The third-order valence-corrected chi connectivity index (χ3v) is 3.64. The molecule has 0 saturated carbocycles. The van der Waals surface area contributed by atoms with Crippen LogP contribution in [0.4, 0.5) is 0 Å². The Labute approximate surface area is 100 Å². The van der Waals surface area contributed by atoms with Crippen LogP contribution in [-0.4, -0.2) is 10.2 Å². The smallest absolute Gasteiger partial charge is 0.244 e. The maximum atomic E-state index is 9.31. The van der Waals surface area contributed by atoms with E-state index < -0.39 is 0 Å². The van der Waals surface area contributed by atoms with Gasteiger partial charge >= 0.3 is 0 Å². The molecule has 1 aromatic rings. The second-order valence-corrected chi connectivity index (χ2v) is 4.27. The standard InChI is InChI=1S/C12H16N4O/c1-4-12(5-2)8(6-13)10(14)17-11-9(12)7(3)15-16-11/h4-5,14H2,1-3H3,(H,15,16). The Hall–Kier alpha value is -1.96. The predicted molar refractivity (Wildman–Crippen MR) is 63.0 cm³/mol. The molecule has 1 aliphatic rings. The molecule has 0 radical (unpaired) electrons. The summed E-state index contributed by atoms with van der Waals surface area (Å²) in [5.74, 6) is 0.679. The second-order valence-electron chi connectivity index (χ2n) is 4.27. The van der Waals surface area contributed by atoms with Crippen LogP contribution in [0.15, 0.2) is 11.5 Å². The molecular formula is C12H16N4O. The number of aromatic nitrogens is 2. The summed E-state index contributed by atoms with van der Waals surface area (Å²) in [4.78, 5) is 0. The van der Waals surface area contributed by atoms with Crippen molar-refractivity contribution in [3.05, 3.63) is 22.7 Å². The third-order valence-electron chi connectivity index (χ3n) is 3.64. The van der Waals surface area contributed by atoms with E-state index in [0.717, 1.165) is 24.1 Å². The molecule has 1 aliphatic heterocycles. The largest absolute Gasteiger partial charge is 0.420 e. The Morgan fingerprint density at radius 2 is 2.12 bits per heavy atom. The number of aromatic amines is 1. The molecule has 0 fully saturated rings. The van der Waals surface area contributed by atoms with Crippen LogP contribution in [0.2, 0.25) is 0 Å². The van der Waals surface area contributed by atoms with Crippen molar-refractivity contribution in [3.8, 4) is 11.9 Å². The van der Waals surface area contributed by atoms with Crippen molar-refractivity contribution in [1.29, 1.82) is 5.26 Å². The lowest BCUT2D eigenvalue weighted by atomic mass is 9.69. The first-order valence-corrected chi connectivity index (χ1v) is 5.74. The summed E-state index contributed by atoms with van der Waals surface area (Å²) in [6.07, 6.45) is 1.59. The zero-order chi connectivity index (χ0) is 12.6. The number of allylic oxidation sites excluding steroid dienone is 1. The van der Waals surface area contributed by atoms with Crippen LogP contribution in [0.25, 0.3) is 0 Å². The number of aryl methyl sites for hydroxylation is 1. The van der Waals surface area contributed by atoms with Crippen molar-refractivity contribution in [3.63, 3.8) is 0 Å². The minimum Gasteiger partial charge on any atom is -0.420 e.